The van der Waals surface area contributed by atoms with Gasteiger partial charge in [0.25, 0.3) is 5.91 Å². The molecule has 0 aliphatic rings. The van der Waals surface area contributed by atoms with Gasteiger partial charge in [0.15, 0.2) is 0 Å². The van der Waals surface area contributed by atoms with Gasteiger partial charge in [-0.15, -0.1) is 0 Å². The van der Waals surface area contributed by atoms with Gasteiger partial charge in [-0.05, 0) is 41.9 Å². The highest BCUT2D eigenvalue weighted by Crippen LogP contribution is 2.21. The lowest BCUT2D eigenvalue weighted by molar-refractivity contribution is 0.102. The van der Waals surface area contributed by atoms with Crippen molar-refractivity contribution in [2.45, 2.75) is 0 Å². The van der Waals surface area contributed by atoms with E-state index in [1.807, 2.05) is 0 Å². The van der Waals surface area contributed by atoms with Crippen LogP contribution >= 0.6 is 11.6 Å². The molecule has 0 fully saturated rings. The monoisotopic (exact) mass is 387 g/mol. The summed E-state index contributed by atoms with van der Waals surface area (Å²) in [6.07, 6.45) is 2.78. The van der Waals surface area contributed by atoms with Crippen molar-refractivity contribution in [1.29, 1.82) is 0 Å². The zero-order valence-electron chi connectivity index (χ0n) is 13.7. The lowest BCUT2D eigenvalue weighted by Gasteiger charge is -2.08. The van der Waals surface area contributed by atoms with E-state index in [0.717, 1.165) is 12.1 Å². The molecule has 1 amide bonds. The fourth-order valence-corrected chi connectivity index (χ4v) is 2.43. The molecule has 0 spiro atoms. The molecule has 0 aliphatic heterocycles. The molecule has 0 aliphatic carbocycles. The van der Waals surface area contributed by atoms with Gasteiger partial charge in [-0.2, -0.15) is 0 Å². The summed E-state index contributed by atoms with van der Waals surface area (Å²) in [5.74, 6) is -2.67. The first-order valence-electron chi connectivity index (χ1n) is 7.69. The maximum atomic E-state index is 13.7. The Bertz CT molecular complexity index is 1020. The van der Waals surface area contributed by atoms with Crippen LogP contribution in [0.25, 0.3) is 11.8 Å². The van der Waals surface area contributed by atoms with Crippen LogP contribution < -0.4 is 5.32 Å². The smallest absolute Gasteiger partial charge is 0.255 e. The summed E-state index contributed by atoms with van der Waals surface area (Å²) < 4.78 is 27.4. The third-order valence-electron chi connectivity index (χ3n) is 3.55. The van der Waals surface area contributed by atoms with Crippen molar-refractivity contribution in [3.63, 3.8) is 0 Å². The fourth-order valence-electron chi connectivity index (χ4n) is 2.27. The number of benzene rings is 2. The second kappa shape index (κ2) is 7.92. The van der Waals surface area contributed by atoms with Gasteiger partial charge in [0.1, 0.15) is 23.1 Å². The van der Waals surface area contributed by atoms with Gasteiger partial charge < -0.3 is 10.4 Å². The van der Waals surface area contributed by atoms with Crippen molar-refractivity contribution in [1.82, 2.24) is 9.97 Å². The number of nitrogens with zero attached hydrogens (tertiary/aromatic N) is 2. The van der Waals surface area contributed by atoms with Gasteiger partial charge in [0, 0.05) is 23.4 Å². The Morgan fingerprint density at radius 2 is 1.74 bits per heavy atom. The topological polar surface area (TPSA) is 75.1 Å². The number of aliphatic hydroxyl groups is 1. The maximum Gasteiger partial charge on any atom is 0.255 e. The molecule has 0 atom stereocenters. The molecule has 0 saturated carbocycles. The average molecular weight is 388 g/mol. The number of carbonyl (C=O) groups excluding carboxylic acids is 1. The summed E-state index contributed by atoms with van der Waals surface area (Å²) in [5.41, 5.74) is 0.251. The number of halogens is 3. The van der Waals surface area contributed by atoms with Crippen LogP contribution in [0.2, 0.25) is 5.28 Å². The molecule has 0 bridgehead atoms. The number of para-hydroxylation sites is 1. The fraction of sp³-hybridized carbons (Fsp3) is 0. The van der Waals surface area contributed by atoms with Crippen molar-refractivity contribution in [3.05, 3.63) is 88.5 Å². The first kappa shape index (κ1) is 18.5. The molecular weight excluding hydrogens is 376 g/mol. The first-order valence-corrected chi connectivity index (χ1v) is 8.07. The number of rotatable bonds is 4. The zero-order valence-corrected chi connectivity index (χ0v) is 14.4. The molecule has 0 saturated heterocycles. The number of anilines is 1. The van der Waals surface area contributed by atoms with Crippen LogP contribution in [0.5, 0.6) is 0 Å². The quantitative estimate of drug-likeness (QED) is 0.502. The van der Waals surface area contributed by atoms with E-state index in [1.54, 1.807) is 12.1 Å². The number of nitrogens with one attached hydrogen (secondary N) is 1. The number of aromatic nitrogens is 2. The van der Waals surface area contributed by atoms with Crippen LogP contribution in [-0.4, -0.2) is 21.0 Å². The molecule has 0 unspecified atom stereocenters. The van der Waals surface area contributed by atoms with Crippen LogP contribution in [0, 0.1) is 11.6 Å². The Morgan fingerprint density at radius 3 is 2.44 bits per heavy atom. The number of amides is 1. The maximum absolute atomic E-state index is 13.7. The Hall–Kier alpha value is -3.32. The molecule has 1 heterocycles. The third kappa shape index (κ3) is 4.45. The molecule has 5 nitrogen and oxygen atoms in total. The van der Waals surface area contributed by atoms with Gasteiger partial charge in [0.2, 0.25) is 5.28 Å². The van der Waals surface area contributed by atoms with Crippen molar-refractivity contribution in [3.8, 4) is 0 Å². The number of aliphatic hydroxyl groups excluding tert-OH is 1. The summed E-state index contributed by atoms with van der Waals surface area (Å²) >= 11 is 5.70. The largest absolute Gasteiger partial charge is 0.507 e. The lowest BCUT2D eigenvalue weighted by atomic mass is 10.1. The Kier molecular flexibility index (Phi) is 5.42. The first-order chi connectivity index (χ1) is 12.9. The van der Waals surface area contributed by atoms with E-state index in [4.69, 9.17) is 11.6 Å². The highest BCUT2D eigenvalue weighted by Gasteiger charge is 2.14. The summed E-state index contributed by atoms with van der Waals surface area (Å²) in [7, 11) is 0. The average Bonchev–Trinajstić information content (AvgIpc) is 2.65. The van der Waals surface area contributed by atoms with Crippen LogP contribution in [0.1, 0.15) is 21.6 Å². The Morgan fingerprint density at radius 1 is 1.07 bits per heavy atom. The number of carbonyl (C=O) groups is 1. The Labute approximate surface area is 158 Å². The second-order valence-electron chi connectivity index (χ2n) is 5.41. The van der Waals surface area contributed by atoms with Crippen molar-refractivity contribution < 1.29 is 18.7 Å². The van der Waals surface area contributed by atoms with E-state index < -0.39 is 23.2 Å². The number of hydrogen-bond acceptors (Lipinski definition) is 4. The number of hydrogen-bond donors (Lipinski definition) is 2. The predicted octanol–water partition coefficient (Wildman–Crippen LogP) is 4.72. The zero-order chi connectivity index (χ0) is 19.4. The van der Waals surface area contributed by atoms with E-state index in [0.29, 0.717) is 11.3 Å². The van der Waals surface area contributed by atoms with E-state index in [-0.39, 0.29) is 16.6 Å². The molecule has 1 aromatic heterocycles. The molecular formula is C19H12ClF2N3O2. The van der Waals surface area contributed by atoms with Gasteiger partial charge in [0.05, 0.1) is 5.69 Å². The molecule has 8 heteroatoms. The van der Waals surface area contributed by atoms with Gasteiger partial charge in [-0.3, -0.25) is 4.79 Å². The van der Waals surface area contributed by atoms with E-state index >= 15 is 0 Å². The van der Waals surface area contributed by atoms with Crippen molar-refractivity contribution in [2.75, 3.05) is 5.32 Å². The summed E-state index contributed by atoms with van der Waals surface area (Å²) in [6, 6.07) is 10.7. The predicted molar refractivity (Wildman–Crippen MR) is 98.3 cm³/mol. The summed E-state index contributed by atoms with van der Waals surface area (Å²) in [6.45, 7) is 0. The highest BCUT2D eigenvalue weighted by atomic mass is 35.5. The highest BCUT2D eigenvalue weighted by molar-refractivity contribution is 6.28. The molecule has 27 heavy (non-hydrogen) atoms. The minimum atomic E-state index is -0.886. The van der Waals surface area contributed by atoms with Crippen LogP contribution in [0.3, 0.4) is 0 Å². The standard InChI is InChI=1S/C19H12ClF2N3O2/c20-19-23-8-7-13(24-19)10-16(26)11-3-1-4-12(9-11)18(27)25-17-14(21)5-2-6-15(17)22/h1-10,26H,(H,25,27)/b16-10+. The van der Waals surface area contributed by atoms with Crippen LogP contribution in [0.4, 0.5) is 14.5 Å². The molecule has 0 radical (unpaired) electrons. The molecule has 2 aromatic carbocycles. The summed E-state index contributed by atoms with van der Waals surface area (Å²) in [5, 5.41) is 12.5. The van der Waals surface area contributed by atoms with E-state index in [2.05, 4.69) is 15.3 Å². The molecule has 3 rings (SSSR count). The van der Waals surface area contributed by atoms with E-state index in [9.17, 15) is 18.7 Å². The molecule has 136 valence electrons. The minimum absolute atomic E-state index is 0.0246. The SMILES string of the molecule is O=C(Nc1c(F)cccc1F)c1cccc(/C(O)=C\c2ccnc(Cl)n2)c1. The molecule has 2 N–H and O–H groups in total. The summed E-state index contributed by atoms with van der Waals surface area (Å²) in [4.78, 5) is 20.0. The van der Waals surface area contributed by atoms with Gasteiger partial charge >= 0.3 is 0 Å². The normalized spacial score (nSPS) is 11.3. The minimum Gasteiger partial charge on any atom is -0.507 e. The van der Waals surface area contributed by atoms with Gasteiger partial charge in [-0.1, -0.05) is 18.2 Å². The molecule has 3 aromatic rings. The second-order valence-corrected chi connectivity index (χ2v) is 5.75. The van der Waals surface area contributed by atoms with Crippen LogP contribution in [-0.2, 0) is 0 Å². The lowest BCUT2D eigenvalue weighted by Crippen LogP contribution is -2.14. The van der Waals surface area contributed by atoms with Gasteiger partial charge in [-0.25, -0.2) is 18.7 Å². The van der Waals surface area contributed by atoms with Crippen LogP contribution in [0.15, 0.2) is 54.7 Å². The van der Waals surface area contributed by atoms with Crippen molar-refractivity contribution >= 4 is 35.0 Å². The van der Waals surface area contributed by atoms with E-state index in [1.165, 1.54) is 36.5 Å². The third-order valence-corrected chi connectivity index (χ3v) is 3.74. The Balaban J connectivity index is 1.86. The van der Waals surface area contributed by atoms with Crippen molar-refractivity contribution in [2.24, 2.45) is 0 Å².